The van der Waals surface area contributed by atoms with Crippen LogP contribution in [-0.2, 0) is 4.79 Å². The van der Waals surface area contributed by atoms with Gasteiger partial charge in [-0.05, 0) is 43.2 Å². The largest absolute Gasteiger partial charge is 0.361 e. The molecule has 146 valence electrons. The molecule has 0 spiro atoms. The van der Waals surface area contributed by atoms with Gasteiger partial charge < -0.3 is 15.2 Å². The lowest BCUT2D eigenvalue weighted by Crippen LogP contribution is -2.35. The number of thioether (sulfide) groups is 1. The van der Waals surface area contributed by atoms with E-state index in [1.807, 2.05) is 36.1 Å². The topological polar surface area (TPSA) is 65.2 Å². The second-order valence-electron chi connectivity index (χ2n) is 7.44. The van der Waals surface area contributed by atoms with Gasteiger partial charge in [0.1, 0.15) is 0 Å². The molecule has 0 saturated heterocycles. The quantitative estimate of drug-likeness (QED) is 0.661. The Morgan fingerprint density at radius 3 is 2.90 bits per heavy atom. The van der Waals surface area contributed by atoms with Crippen LogP contribution < -0.4 is 5.32 Å². The molecule has 2 aliphatic rings. The highest BCUT2D eigenvalue weighted by atomic mass is 32.2. The van der Waals surface area contributed by atoms with Crippen LogP contribution in [0.3, 0.4) is 0 Å². The minimum Gasteiger partial charge on any atom is -0.361 e. The van der Waals surface area contributed by atoms with Crippen LogP contribution in [-0.4, -0.2) is 40.0 Å². The third kappa shape index (κ3) is 3.23. The SMILES string of the molecule is CC1Sc2ccc(C(=O)N3CC=C(c4c[nH]c5ccccc45)CC3)cc2NC1=O. The Balaban J connectivity index is 1.35. The fourth-order valence-electron chi connectivity index (χ4n) is 3.96. The van der Waals surface area contributed by atoms with Gasteiger partial charge in [-0.2, -0.15) is 0 Å². The summed E-state index contributed by atoms with van der Waals surface area (Å²) in [6.07, 6.45) is 5.02. The number of carbonyl (C=O) groups is 2. The van der Waals surface area contributed by atoms with E-state index < -0.39 is 0 Å². The highest BCUT2D eigenvalue weighted by Crippen LogP contribution is 2.36. The third-order valence-electron chi connectivity index (χ3n) is 5.59. The van der Waals surface area contributed by atoms with Crippen LogP contribution >= 0.6 is 11.8 Å². The third-order valence-corrected chi connectivity index (χ3v) is 6.77. The van der Waals surface area contributed by atoms with Gasteiger partial charge in [-0.25, -0.2) is 0 Å². The van der Waals surface area contributed by atoms with Gasteiger partial charge in [0, 0.05) is 46.2 Å². The second kappa shape index (κ2) is 7.12. The Bertz CT molecular complexity index is 1160. The van der Waals surface area contributed by atoms with Crippen molar-refractivity contribution in [1.82, 2.24) is 9.88 Å². The number of amides is 2. The average Bonchev–Trinajstić information content (AvgIpc) is 3.18. The van der Waals surface area contributed by atoms with Crippen LogP contribution in [0.25, 0.3) is 16.5 Å². The minimum atomic E-state index is -0.112. The first-order valence-corrected chi connectivity index (χ1v) is 10.6. The maximum atomic E-state index is 13.0. The smallest absolute Gasteiger partial charge is 0.254 e. The monoisotopic (exact) mass is 403 g/mol. The van der Waals surface area contributed by atoms with Crippen molar-refractivity contribution >= 4 is 45.7 Å². The molecule has 6 heteroatoms. The maximum Gasteiger partial charge on any atom is 0.254 e. The molecule has 29 heavy (non-hydrogen) atoms. The van der Waals surface area contributed by atoms with Crippen molar-refractivity contribution in [2.75, 3.05) is 18.4 Å². The number of aromatic nitrogens is 1. The first-order chi connectivity index (χ1) is 14.1. The number of benzene rings is 2. The van der Waals surface area contributed by atoms with Gasteiger partial charge in [0.25, 0.3) is 5.91 Å². The van der Waals surface area contributed by atoms with E-state index in [-0.39, 0.29) is 17.1 Å². The number of para-hydroxylation sites is 1. The number of nitrogens with zero attached hydrogens (tertiary/aromatic N) is 1. The molecule has 2 amide bonds. The lowest BCUT2D eigenvalue weighted by atomic mass is 9.98. The van der Waals surface area contributed by atoms with Crippen LogP contribution in [0.4, 0.5) is 5.69 Å². The van der Waals surface area contributed by atoms with Crippen molar-refractivity contribution < 1.29 is 9.59 Å². The molecular formula is C23H21N3O2S. The molecular weight excluding hydrogens is 382 g/mol. The first-order valence-electron chi connectivity index (χ1n) is 9.76. The minimum absolute atomic E-state index is 0.0000948. The van der Waals surface area contributed by atoms with Crippen molar-refractivity contribution in [2.24, 2.45) is 0 Å². The Labute approximate surface area is 173 Å². The molecule has 0 aliphatic carbocycles. The van der Waals surface area contributed by atoms with Gasteiger partial charge in [0.15, 0.2) is 0 Å². The van der Waals surface area contributed by atoms with Crippen LogP contribution in [0.1, 0.15) is 29.3 Å². The number of hydrogen-bond acceptors (Lipinski definition) is 3. The molecule has 5 rings (SSSR count). The van der Waals surface area contributed by atoms with E-state index in [4.69, 9.17) is 0 Å². The zero-order chi connectivity index (χ0) is 20.0. The van der Waals surface area contributed by atoms with Crippen molar-refractivity contribution in [2.45, 2.75) is 23.5 Å². The van der Waals surface area contributed by atoms with Gasteiger partial charge >= 0.3 is 0 Å². The van der Waals surface area contributed by atoms with E-state index in [1.54, 1.807) is 6.07 Å². The summed E-state index contributed by atoms with van der Waals surface area (Å²) in [5.41, 5.74) is 4.97. The van der Waals surface area contributed by atoms with Gasteiger partial charge in [0.2, 0.25) is 5.91 Å². The number of rotatable bonds is 2. The van der Waals surface area contributed by atoms with Crippen molar-refractivity contribution in [3.8, 4) is 0 Å². The number of carbonyl (C=O) groups excluding carboxylic acids is 2. The number of aromatic amines is 1. The van der Waals surface area contributed by atoms with E-state index in [0.717, 1.165) is 22.5 Å². The summed E-state index contributed by atoms with van der Waals surface area (Å²) in [5.74, 6) is -0.0173. The summed E-state index contributed by atoms with van der Waals surface area (Å²) in [7, 11) is 0. The second-order valence-corrected chi connectivity index (χ2v) is 8.82. The lowest BCUT2D eigenvalue weighted by molar-refractivity contribution is -0.115. The van der Waals surface area contributed by atoms with Crippen LogP contribution in [0.2, 0.25) is 0 Å². The summed E-state index contributed by atoms with van der Waals surface area (Å²) < 4.78 is 0. The van der Waals surface area contributed by atoms with Crippen molar-refractivity contribution in [3.05, 3.63) is 65.9 Å². The molecule has 1 atom stereocenters. The normalized spacial score (nSPS) is 18.9. The summed E-state index contributed by atoms with van der Waals surface area (Å²) in [6, 6.07) is 13.9. The number of H-pyrrole nitrogens is 1. The molecule has 3 heterocycles. The number of nitrogens with one attached hydrogen (secondary N) is 2. The van der Waals surface area contributed by atoms with E-state index in [9.17, 15) is 9.59 Å². The number of hydrogen-bond donors (Lipinski definition) is 2. The van der Waals surface area contributed by atoms with E-state index in [2.05, 4.69) is 34.7 Å². The molecule has 1 aromatic heterocycles. The molecule has 0 saturated carbocycles. The summed E-state index contributed by atoms with van der Waals surface area (Å²) in [4.78, 5) is 31.1. The molecule has 0 radical (unpaired) electrons. The van der Waals surface area contributed by atoms with Crippen LogP contribution in [0.15, 0.2) is 59.6 Å². The molecule has 0 bridgehead atoms. The number of anilines is 1. The Kier molecular flexibility index (Phi) is 4.43. The van der Waals surface area contributed by atoms with E-state index in [1.165, 1.54) is 28.3 Å². The highest BCUT2D eigenvalue weighted by Gasteiger charge is 2.25. The van der Waals surface area contributed by atoms with Crippen LogP contribution in [0.5, 0.6) is 0 Å². The molecule has 0 fully saturated rings. The first kappa shape index (κ1) is 18.1. The summed E-state index contributed by atoms with van der Waals surface area (Å²) in [6.45, 7) is 3.15. The van der Waals surface area contributed by atoms with E-state index in [0.29, 0.717) is 18.7 Å². The van der Waals surface area contributed by atoms with Gasteiger partial charge in [-0.3, -0.25) is 9.59 Å². The zero-order valence-corrected chi connectivity index (χ0v) is 16.9. The van der Waals surface area contributed by atoms with Gasteiger partial charge in [0.05, 0.1) is 10.9 Å². The Morgan fingerprint density at radius 1 is 1.21 bits per heavy atom. The Morgan fingerprint density at radius 2 is 2.07 bits per heavy atom. The molecule has 5 nitrogen and oxygen atoms in total. The molecule has 1 unspecified atom stereocenters. The zero-order valence-electron chi connectivity index (χ0n) is 16.1. The summed E-state index contributed by atoms with van der Waals surface area (Å²) >= 11 is 1.53. The maximum absolute atomic E-state index is 13.0. The molecule has 3 aromatic rings. The fourth-order valence-corrected chi connectivity index (χ4v) is 4.89. The van der Waals surface area contributed by atoms with E-state index >= 15 is 0 Å². The Hall–Kier alpha value is -2.99. The predicted molar refractivity (Wildman–Crippen MR) is 117 cm³/mol. The highest BCUT2D eigenvalue weighted by molar-refractivity contribution is 8.00. The molecule has 2 aromatic carbocycles. The average molecular weight is 404 g/mol. The summed E-state index contributed by atoms with van der Waals surface area (Å²) in [5, 5.41) is 4.01. The molecule has 2 aliphatic heterocycles. The van der Waals surface area contributed by atoms with Crippen LogP contribution in [0, 0.1) is 0 Å². The van der Waals surface area contributed by atoms with Gasteiger partial charge in [-0.1, -0.05) is 24.3 Å². The lowest BCUT2D eigenvalue weighted by Gasteiger charge is -2.27. The fraction of sp³-hybridized carbons (Fsp3) is 0.217. The number of fused-ring (bicyclic) bond motifs is 2. The van der Waals surface area contributed by atoms with Crippen molar-refractivity contribution in [3.63, 3.8) is 0 Å². The standard InChI is InChI=1S/C23H21N3O2S/c1-14-22(27)25-20-12-16(6-7-21(20)29-14)23(28)26-10-8-15(9-11-26)18-13-24-19-5-3-2-4-17(18)19/h2-8,12-14,24H,9-11H2,1H3,(H,25,27). The van der Waals surface area contributed by atoms with Gasteiger partial charge in [-0.15, -0.1) is 11.8 Å². The van der Waals surface area contributed by atoms with Crippen molar-refractivity contribution in [1.29, 1.82) is 0 Å². The predicted octanol–water partition coefficient (Wildman–Crippen LogP) is 4.53. The molecule has 2 N–H and O–H groups in total.